The fourth-order valence-corrected chi connectivity index (χ4v) is 5.17. The topological polar surface area (TPSA) is 50.8 Å². The van der Waals surface area contributed by atoms with E-state index in [1.807, 2.05) is 29.2 Å². The molecule has 4 atom stereocenters. The Labute approximate surface area is 176 Å². The number of hydrogen-bond donors (Lipinski definition) is 1. The van der Waals surface area contributed by atoms with Gasteiger partial charge in [-0.3, -0.25) is 4.79 Å². The third kappa shape index (κ3) is 3.88. The lowest BCUT2D eigenvalue weighted by molar-refractivity contribution is 0.0514. The zero-order valence-corrected chi connectivity index (χ0v) is 16.9. The lowest BCUT2D eigenvalue weighted by atomic mass is 9.90. The first-order valence-corrected chi connectivity index (χ1v) is 10.8. The van der Waals surface area contributed by atoms with E-state index in [9.17, 15) is 9.18 Å². The van der Waals surface area contributed by atoms with Gasteiger partial charge in [0.2, 0.25) is 0 Å². The SMILES string of the molecule is O=C(c1cccc(F)c1)N1[C@@H]2CC[C@H]1CC(CNCC1COc3ccccc3O1)C2. The molecule has 2 aromatic carbocycles. The Bertz CT molecular complexity index is 907. The third-order valence-corrected chi connectivity index (χ3v) is 6.51. The van der Waals surface area contributed by atoms with Gasteiger partial charge < -0.3 is 19.7 Å². The van der Waals surface area contributed by atoms with Crippen LogP contribution < -0.4 is 14.8 Å². The van der Waals surface area contributed by atoms with Gasteiger partial charge in [0.05, 0.1) is 0 Å². The number of halogens is 1. The van der Waals surface area contributed by atoms with Gasteiger partial charge in [0.15, 0.2) is 11.5 Å². The monoisotopic (exact) mass is 410 g/mol. The second kappa shape index (κ2) is 8.26. The first-order chi connectivity index (χ1) is 14.7. The fourth-order valence-electron chi connectivity index (χ4n) is 5.17. The summed E-state index contributed by atoms with van der Waals surface area (Å²) in [6, 6.07) is 14.3. The molecule has 6 heteroatoms. The molecular weight excluding hydrogens is 383 g/mol. The van der Waals surface area contributed by atoms with Gasteiger partial charge in [-0.05, 0) is 68.5 Å². The molecule has 0 spiro atoms. The maximum atomic E-state index is 13.5. The van der Waals surface area contributed by atoms with Crippen molar-refractivity contribution in [2.75, 3.05) is 19.7 Å². The van der Waals surface area contributed by atoms with Crippen LogP contribution in [0.2, 0.25) is 0 Å². The fraction of sp³-hybridized carbons (Fsp3) is 0.458. The minimum absolute atomic E-state index is 0.00580. The minimum Gasteiger partial charge on any atom is -0.486 e. The van der Waals surface area contributed by atoms with Crippen molar-refractivity contribution >= 4 is 5.91 Å². The molecule has 3 aliphatic heterocycles. The molecule has 5 nitrogen and oxygen atoms in total. The van der Waals surface area contributed by atoms with Gasteiger partial charge in [-0.2, -0.15) is 0 Å². The van der Waals surface area contributed by atoms with E-state index in [2.05, 4.69) is 5.32 Å². The van der Waals surface area contributed by atoms with Crippen LogP contribution in [0, 0.1) is 11.7 Å². The van der Waals surface area contributed by atoms with E-state index in [0.717, 1.165) is 50.3 Å². The van der Waals surface area contributed by atoms with Crippen LogP contribution in [0.5, 0.6) is 11.5 Å². The van der Waals surface area contributed by atoms with Crippen molar-refractivity contribution in [1.82, 2.24) is 10.2 Å². The van der Waals surface area contributed by atoms with Gasteiger partial charge in [-0.15, -0.1) is 0 Å². The highest BCUT2D eigenvalue weighted by Gasteiger charge is 2.43. The predicted molar refractivity (Wildman–Crippen MR) is 111 cm³/mol. The van der Waals surface area contributed by atoms with E-state index in [4.69, 9.17) is 9.47 Å². The summed E-state index contributed by atoms with van der Waals surface area (Å²) in [5.41, 5.74) is 0.457. The van der Waals surface area contributed by atoms with Gasteiger partial charge in [0, 0.05) is 24.2 Å². The molecule has 2 saturated heterocycles. The van der Waals surface area contributed by atoms with Crippen molar-refractivity contribution in [3.63, 3.8) is 0 Å². The number of nitrogens with zero attached hydrogens (tertiary/aromatic N) is 1. The number of amides is 1. The summed E-state index contributed by atoms with van der Waals surface area (Å²) in [4.78, 5) is 15.0. The predicted octanol–water partition coefficient (Wildman–Crippen LogP) is 3.64. The number of hydrogen-bond acceptors (Lipinski definition) is 4. The van der Waals surface area contributed by atoms with E-state index < -0.39 is 0 Å². The largest absolute Gasteiger partial charge is 0.486 e. The molecule has 2 fully saturated rings. The van der Waals surface area contributed by atoms with Gasteiger partial charge in [-0.1, -0.05) is 18.2 Å². The molecule has 3 heterocycles. The Morgan fingerprint density at radius 1 is 1.03 bits per heavy atom. The molecule has 5 rings (SSSR count). The number of carbonyl (C=O) groups is 1. The van der Waals surface area contributed by atoms with Crippen LogP contribution in [0.25, 0.3) is 0 Å². The quantitative estimate of drug-likeness (QED) is 0.818. The van der Waals surface area contributed by atoms with Gasteiger partial charge in [0.25, 0.3) is 5.91 Å². The van der Waals surface area contributed by atoms with E-state index in [1.54, 1.807) is 12.1 Å². The summed E-state index contributed by atoms with van der Waals surface area (Å²) in [5.74, 6) is 1.76. The highest BCUT2D eigenvalue weighted by Crippen LogP contribution is 2.39. The zero-order valence-electron chi connectivity index (χ0n) is 16.9. The number of fused-ring (bicyclic) bond motifs is 3. The molecule has 0 radical (unpaired) electrons. The van der Waals surface area contributed by atoms with Crippen LogP contribution in [0.3, 0.4) is 0 Å². The second-order valence-corrected chi connectivity index (χ2v) is 8.60. The molecule has 2 aromatic rings. The number of nitrogens with one attached hydrogen (secondary N) is 1. The van der Waals surface area contributed by atoms with Crippen molar-refractivity contribution in [3.05, 3.63) is 59.9 Å². The molecule has 158 valence electrons. The standard InChI is InChI=1S/C24H27FN2O3/c25-18-5-3-4-17(12-18)24(28)27-19-8-9-20(27)11-16(10-19)13-26-14-21-15-29-22-6-1-2-7-23(22)30-21/h1-7,12,16,19-21,26H,8-11,13-15H2/t16?,19-,20+,21?. The van der Waals surface area contributed by atoms with Crippen molar-refractivity contribution in [1.29, 1.82) is 0 Å². The van der Waals surface area contributed by atoms with Crippen molar-refractivity contribution in [2.24, 2.45) is 5.92 Å². The van der Waals surface area contributed by atoms with Crippen LogP contribution >= 0.6 is 0 Å². The average Bonchev–Trinajstić information content (AvgIpc) is 3.03. The Hall–Kier alpha value is -2.60. The Morgan fingerprint density at radius 3 is 2.57 bits per heavy atom. The Kier molecular flexibility index (Phi) is 5.34. The summed E-state index contributed by atoms with van der Waals surface area (Å²) in [7, 11) is 0. The van der Waals surface area contributed by atoms with Crippen LogP contribution in [-0.2, 0) is 0 Å². The summed E-state index contributed by atoms with van der Waals surface area (Å²) in [6.07, 6.45) is 4.08. The number of para-hydroxylation sites is 2. The minimum atomic E-state index is -0.358. The van der Waals surface area contributed by atoms with Crippen LogP contribution in [0.4, 0.5) is 4.39 Å². The molecule has 30 heavy (non-hydrogen) atoms. The summed E-state index contributed by atoms with van der Waals surface area (Å²) >= 11 is 0. The van der Waals surface area contributed by atoms with E-state index in [0.29, 0.717) is 18.1 Å². The van der Waals surface area contributed by atoms with Crippen molar-refractivity contribution < 1.29 is 18.7 Å². The molecule has 0 aromatic heterocycles. The number of rotatable bonds is 5. The van der Waals surface area contributed by atoms with Crippen LogP contribution in [0.1, 0.15) is 36.0 Å². The smallest absolute Gasteiger partial charge is 0.254 e. The normalized spacial score (nSPS) is 27.2. The van der Waals surface area contributed by atoms with Crippen LogP contribution in [-0.4, -0.2) is 48.7 Å². The van der Waals surface area contributed by atoms with Crippen molar-refractivity contribution in [2.45, 2.75) is 43.9 Å². The van der Waals surface area contributed by atoms with Crippen molar-refractivity contribution in [3.8, 4) is 11.5 Å². The molecule has 2 unspecified atom stereocenters. The number of benzene rings is 2. The molecule has 0 aliphatic carbocycles. The first-order valence-electron chi connectivity index (χ1n) is 10.8. The number of piperidine rings is 1. The molecule has 1 N–H and O–H groups in total. The zero-order chi connectivity index (χ0) is 20.5. The van der Waals surface area contributed by atoms with Gasteiger partial charge in [-0.25, -0.2) is 4.39 Å². The molecule has 0 saturated carbocycles. The van der Waals surface area contributed by atoms with E-state index in [-0.39, 0.29) is 29.9 Å². The summed E-state index contributed by atoms with van der Waals surface area (Å²) < 4.78 is 25.3. The molecule has 3 aliphatic rings. The third-order valence-electron chi connectivity index (χ3n) is 6.51. The highest BCUT2D eigenvalue weighted by molar-refractivity contribution is 5.95. The average molecular weight is 410 g/mol. The molecule has 2 bridgehead atoms. The highest BCUT2D eigenvalue weighted by atomic mass is 19.1. The number of ether oxygens (including phenoxy) is 2. The maximum absolute atomic E-state index is 13.5. The Morgan fingerprint density at radius 2 is 1.80 bits per heavy atom. The maximum Gasteiger partial charge on any atom is 0.254 e. The van der Waals surface area contributed by atoms with E-state index in [1.165, 1.54) is 12.1 Å². The number of carbonyl (C=O) groups excluding carboxylic acids is 1. The van der Waals surface area contributed by atoms with Crippen LogP contribution in [0.15, 0.2) is 48.5 Å². The van der Waals surface area contributed by atoms with Gasteiger partial charge >= 0.3 is 0 Å². The Balaban J connectivity index is 1.13. The lowest BCUT2D eigenvalue weighted by Gasteiger charge is -2.39. The summed E-state index contributed by atoms with van der Waals surface area (Å²) in [5, 5.41) is 3.55. The summed E-state index contributed by atoms with van der Waals surface area (Å²) in [6.45, 7) is 2.21. The molecule has 1 amide bonds. The van der Waals surface area contributed by atoms with E-state index >= 15 is 0 Å². The first kappa shape index (κ1) is 19.4. The lowest BCUT2D eigenvalue weighted by Crippen LogP contribution is -2.48. The second-order valence-electron chi connectivity index (χ2n) is 8.60. The molecular formula is C24H27FN2O3. The van der Waals surface area contributed by atoms with Gasteiger partial charge in [0.1, 0.15) is 18.5 Å².